The van der Waals surface area contributed by atoms with E-state index in [9.17, 15) is 5.11 Å². The minimum absolute atomic E-state index is 0.258. The van der Waals surface area contributed by atoms with Crippen molar-refractivity contribution in [3.8, 4) is 6.07 Å². The van der Waals surface area contributed by atoms with Gasteiger partial charge in [-0.05, 0) is 38.0 Å². The Morgan fingerprint density at radius 2 is 2.00 bits per heavy atom. The fraction of sp³-hybridized carbons (Fsp3) is 0.786. The van der Waals surface area contributed by atoms with Gasteiger partial charge in [-0.2, -0.15) is 5.26 Å². The quantitative estimate of drug-likeness (QED) is 0.568. The van der Waals surface area contributed by atoms with Gasteiger partial charge in [-0.15, -0.1) is 0 Å². The number of hydrogen-bond acceptors (Lipinski definition) is 3. The van der Waals surface area contributed by atoms with Crippen molar-refractivity contribution in [2.24, 2.45) is 11.8 Å². The normalized spacial score (nSPS) is 35.5. The van der Waals surface area contributed by atoms with Crippen LogP contribution in [0.5, 0.6) is 0 Å². The zero-order valence-corrected chi connectivity index (χ0v) is 10.2. The number of fused-ring (bicyclic) bond motifs is 2. The lowest BCUT2D eigenvalue weighted by Crippen LogP contribution is -2.29. The van der Waals surface area contributed by atoms with E-state index in [1.807, 2.05) is 0 Å². The summed E-state index contributed by atoms with van der Waals surface area (Å²) in [4.78, 5) is 0. The smallest absolute Gasteiger partial charge is 0.0633 e. The molecule has 0 aromatic heterocycles. The van der Waals surface area contributed by atoms with Gasteiger partial charge in [0.1, 0.15) is 0 Å². The molecule has 3 nitrogen and oxygen atoms in total. The molecule has 17 heavy (non-hydrogen) atoms. The van der Waals surface area contributed by atoms with E-state index in [-0.39, 0.29) is 6.61 Å². The van der Waals surface area contributed by atoms with E-state index >= 15 is 0 Å². The first-order valence-electron chi connectivity index (χ1n) is 6.65. The molecule has 0 aromatic rings. The zero-order chi connectivity index (χ0) is 12.1. The summed E-state index contributed by atoms with van der Waals surface area (Å²) in [6.07, 6.45) is 10.9. The van der Waals surface area contributed by atoms with Gasteiger partial charge in [0, 0.05) is 18.9 Å². The molecule has 2 heterocycles. The number of nitrogens with zero attached hydrogens (tertiary/aromatic N) is 1. The number of rotatable bonds is 6. The molecule has 0 saturated carbocycles. The summed E-state index contributed by atoms with van der Waals surface area (Å²) in [7, 11) is 0. The maximum Gasteiger partial charge on any atom is 0.0633 e. The molecule has 0 aliphatic carbocycles. The van der Waals surface area contributed by atoms with Crippen molar-refractivity contribution in [1.29, 1.82) is 5.26 Å². The maximum atomic E-state index is 9.39. The number of allylic oxidation sites excluding steroid dienone is 2. The molecule has 1 N–H and O–H groups in total. The molecule has 3 heteroatoms. The Bertz CT molecular complexity index is 308. The van der Waals surface area contributed by atoms with E-state index in [2.05, 4.69) is 18.2 Å². The summed E-state index contributed by atoms with van der Waals surface area (Å²) in [6.45, 7) is 0.258. The topological polar surface area (TPSA) is 53.2 Å². The Kier molecular flexibility index (Phi) is 4.58. The number of hydrogen-bond donors (Lipinski definition) is 1. The molecule has 4 atom stereocenters. The molecule has 0 spiro atoms. The Labute approximate surface area is 103 Å². The standard InChI is InChI=1S/C14H21NO2/c15-9-5-3-1-2-4-6-11-12(10-16)14-8-7-13(11)17-14/h2,4,11-14,16H,1,3,5-8,10H2/t11-,12+,13+,14-/m1/s1. The predicted octanol–water partition coefficient (Wildman–Crippen LogP) is 2.41. The Balaban J connectivity index is 1.73. The minimum Gasteiger partial charge on any atom is -0.396 e. The van der Waals surface area contributed by atoms with E-state index in [0.29, 0.717) is 30.5 Å². The molecule has 2 aliphatic heterocycles. The molecule has 2 aliphatic rings. The van der Waals surface area contributed by atoms with E-state index in [4.69, 9.17) is 10.00 Å². The van der Waals surface area contributed by atoms with Gasteiger partial charge in [0.25, 0.3) is 0 Å². The van der Waals surface area contributed by atoms with Gasteiger partial charge in [0.05, 0.1) is 18.3 Å². The van der Waals surface area contributed by atoms with Crippen LogP contribution in [0.15, 0.2) is 12.2 Å². The fourth-order valence-electron chi connectivity index (χ4n) is 3.12. The predicted molar refractivity (Wildman–Crippen MR) is 65.2 cm³/mol. The van der Waals surface area contributed by atoms with E-state index in [1.54, 1.807) is 0 Å². The highest BCUT2D eigenvalue weighted by Gasteiger charge is 2.47. The number of nitriles is 1. The van der Waals surface area contributed by atoms with Gasteiger partial charge in [0.15, 0.2) is 0 Å². The van der Waals surface area contributed by atoms with Crippen molar-refractivity contribution >= 4 is 0 Å². The summed E-state index contributed by atoms with van der Waals surface area (Å²) in [5.41, 5.74) is 0. The first-order chi connectivity index (χ1) is 8.36. The second-order valence-corrected chi connectivity index (χ2v) is 5.06. The maximum absolute atomic E-state index is 9.39. The fourth-order valence-corrected chi connectivity index (χ4v) is 3.12. The van der Waals surface area contributed by atoms with Crippen LogP contribution in [0.2, 0.25) is 0 Å². The van der Waals surface area contributed by atoms with E-state index in [1.165, 1.54) is 0 Å². The third kappa shape index (κ3) is 2.88. The molecule has 0 aromatic carbocycles. The molecule has 94 valence electrons. The SMILES string of the molecule is N#CCCCC=CC[C@@H]1[C@H](CO)[C@H]2CC[C@@H]1O2. The minimum atomic E-state index is 0.258. The molecule has 0 amide bonds. The van der Waals surface area contributed by atoms with Gasteiger partial charge >= 0.3 is 0 Å². The average Bonchev–Trinajstić information content (AvgIpc) is 2.93. The number of aliphatic hydroxyl groups excluding tert-OH is 1. The van der Waals surface area contributed by atoms with Crippen LogP contribution in [0.25, 0.3) is 0 Å². The summed E-state index contributed by atoms with van der Waals surface area (Å²) in [6, 6.07) is 2.15. The Hall–Kier alpha value is -0.850. The lowest BCUT2D eigenvalue weighted by Gasteiger charge is -2.25. The monoisotopic (exact) mass is 235 g/mol. The van der Waals surface area contributed by atoms with Crippen molar-refractivity contribution in [3.05, 3.63) is 12.2 Å². The second-order valence-electron chi connectivity index (χ2n) is 5.06. The molecule has 2 saturated heterocycles. The highest BCUT2D eigenvalue weighted by atomic mass is 16.5. The second kappa shape index (κ2) is 6.18. The van der Waals surface area contributed by atoms with E-state index in [0.717, 1.165) is 32.1 Å². The van der Waals surface area contributed by atoms with Crippen molar-refractivity contribution in [1.82, 2.24) is 0 Å². The largest absolute Gasteiger partial charge is 0.396 e. The van der Waals surface area contributed by atoms with Gasteiger partial charge < -0.3 is 9.84 Å². The molecule has 2 rings (SSSR count). The highest BCUT2D eigenvalue weighted by Crippen LogP contribution is 2.44. The molecular weight excluding hydrogens is 214 g/mol. The van der Waals surface area contributed by atoms with Crippen LogP contribution in [0.1, 0.15) is 38.5 Å². The van der Waals surface area contributed by atoms with Gasteiger partial charge in [0.2, 0.25) is 0 Å². The average molecular weight is 235 g/mol. The van der Waals surface area contributed by atoms with Crippen LogP contribution in [0, 0.1) is 23.2 Å². The molecular formula is C14H21NO2. The lowest BCUT2D eigenvalue weighted by molar-refractivity contribution is 0.0787. The molecule has 2 bridgehead atoms. The van der Waals surface area contributed by atoms with Gasteiger partial charge in [-0.25, -0.2) is 0 Å². The number of unbranched alkanes of at least 4 members (excludes halogenated alkanes) is 2. The van der Waals surface area contributed by atoms with Crippen LogP contribution in [0.4, 0.5) is 0 Å². The summed E-state index contributed by atoms with van der Waals surface area (Å²) in [5.74, 6) is 0.850. The third-order valence-electron chi connectivity index (χ3n) is 4.04. The number of aliphatic hydroxyl groups is 1. The van der Waals surface area contributed by atoms with Crippen molar-refractivity contribution in [2.75, 3.05) is 6.61 Å². The van der Waals surface area contributed by atoms with Gasteiger partial charge in [-0.3, -0.25) is 0 Å². The van der Waals surface area contributed by atoms with Crippen molar-refractivity contribution in [2.45, 2.75) is 50.7 Å². The highest BCUT2D eigenvalue weighted by molar-refractivity contribution is 4.99. The Morgan fingerprint density at radius 3 is 2.71 bits per heavy atom. The van der Waals surface area contributed by atoms with Crippen LogP contribution >= 0.6 is 0 Å². The lowest BCUT2D eigenvalue weighted by atomic mass is 9.78. The van der Waals surface area contributed by atoms with Crippen molar-refractivity contribution < 1.29 is 9.84 Å². The van der Waals surface area contributed by atoms with Crippen molar-refractivity contribution in [3.63, 3.8) is 0 Å². The van der Waals surface area contributed by atoms with Crippen LogP contribution in [-0.4, -0.2) is 23.9 Å². The van der Waals surface area contributed by atoms with Crippen LogP contribution in [0.3, 0.4) is 0 Å². The summed E-state index contributed by atoms with van der Waals surface area (Å²) >= 11 is 0. The third-order valence-corrected chi connectivity index (χ3v) is 4.04. The summed E-state index contributed by atoms with van der Waals surface area (Å²) < 4.78 is 5.85. The summed E-state index contributed by atoms with van der Waals surface area (Å²) in [5, 5.41) is 17.8. The van der Waals surface area contributed by atoms with E-state index < -0.39 is 0 Å². The molecule has 0 radical (unpaired) electrons. The zero-order valence-electron chi connectivity index (χ0n) is 10.2. The first-order valence-corrected chi connectivity index (χ1v) is 6.65. The van der Waals surface area contributed by atoms with Crippen LogP contribution in [-0.2, 0) is 4.74 Å². The number of ether oxygens (including phenoxy) is 1. The molecule has 2 fully saturated rings. The van der Waals surface area contributed by atoms with Gasteiger partial charge in [-0.1, -0.05) is 12.2 Å². The molecule has 0 unspecified atom stereocenters. The van der Waals surface area contributed by atoms with Crippen LogP contribution < -0.4 is 0 Å². The Morgan fingerprint density at radius 1 is 1.24 bits per heavy atom. The first kappa shape index (κ1) is 12.6.